The highest BCUT2D eigenvalue weighted by molar-refractivity contribution is 5.92. The van der Waals surface area contributed by atoms with Crippen LogP contribution in [0.15, 0.2) is 40.8 Å². The number of nitrogens with one attached hydrogen (secondary N) is 1. The summed E-state index contributed by atoms with van der Waals surface area (Å²) in [5.74, 6) is -0.655. The normalized spacial score (nSPS) is 10.3. The number of carbonyl (C=O) groups excluding carboxylic acids is 1. The van der Waals surface area contributed by atoms with Gasteiger partial charge in [-0.05, 0) is 24.3 Å². The highest BCUT2D eigenvalue weighted by Gasteiger charge is 2.13. The summed E-state index contributed by atoms with van der Waals surface area (Å²) in [6, 6.07) is 9.02. The Hall–Kier alpha value is -2.17. The number of hydrogen-bond acceptors (Lipinski definition) is 2. The zero-order chi connectivity index (χ0) is 13.0. The second-order valence-corrected chi connectivity index (χ2v) is 3.59. The van der Waals surface area contributed by atoms with E-state index in [-0.39, 0.29) is 23.6 Å². The Morgan fingerprint density at radius 3 is 2.72 bits per heavy atom. The van der Waals surface area contributed by atoms with Crippen molar-refractivity contribution in [3.05, 3.63) is 48.0 Å². The maximum atomic E-state index is 13.5. The predicted molar refractivity (Wildman–Crippen MR) is 62.4 cm³/mol. The number of halogens is 2. The number of amides is 1. The van der Waals surface area contributed by atoms with Crippen molar-refractivity contribution >= 4 is 5.91 Å². The Kier molecular flexibility index (Phi) is 3.72. The third-order valence-corrected chi connectivity index (χ3v) is 2.35. The number of carbonyl (C=O) groups is 1. The van der Waals surface area contributed by atoms with E-state index in [1.165, 1.54) is 18.2 Å². The lowest BCUT2D eigenvalue weighted by Crippen LogP contribution is -2.24. The maximum absolute atomic E-state index is 13.5. The predicted octanol–water partition coefficient (Wildman–Crippen LogP) is 2.79. The van der Waals surface area contributed by atoms with Crippen molar-refractivity contribution in [1.82, 2.24) is 5.32 Å². The summed E-state index contributed by atoms with van der Waals surface area (Å²) in [7, 11) is 0. The van der Waals surface area contributed by atoms with Crippen molar-refractivity contribution < 1.29 is 18.0 Å². The molecule has 0 atom stereocenters. The third kappa shape index (κ3) is 2.56. The van der Waals surface area contributed by atoms with Crippen molar-refractivity contribution in [3.8, 4) is 11.3 Å². The van der Waals surface area contributed by atoms with Crippen LogP contribution in [0.5, 0.6) is 0 Å². The van der Waals surface area contributed by atoms with E-state index < -0.39 is 18.4 Å². The standard InChI is InChI=1S/C13H11F2NO2/c14-7-8-16-13(17)12-6-5-11(18-12)9-3-1-2-4-10(9)15/h1-6H,7-8H2,(H,16,17). The Morgan fingerprint density at radius 1 is 1.22 bits per heavy atom. The first kappa shape index (κ1) is 12.3. The molecule has 1 aromatic carbocycles. The maximum Gasteiger partial charge on any atom is 0.287 e. The zero-order valence-corrected chi connectivity index (χ0v) is 9.45. The van der Waals surface area contributed by atoms with Gasteiger partial charge in [-0.15, -0.1) is 0 Å². The summed E-state index contributed by atoms with van der Waals surface area (Å²) in [5, 5.41) is 2.33. The average molecular weight is 251 g/mol. The Bertz CT molecular complexity index is 551. The molecule has 0 aliphatic carbocycles. The van der Waals surface area contributed by atoms with Crippen LogP contribution in [0.1, 0.15) is 10.6 Å². The minimum atomic E-state index is -0.646. The van der Waals surface area contributed by atoms with Crippen LogP contribution >= 0.6 is 0 Å². The molecule has 0 fully saturated rings. The highest BCUT2D eigenvalue weighted by Crippen LogP contribution is 2.24. The van der Waals surface area contributed by atoms with Crippen LogP contribution in [0.2, 0.25) is 0 Å². The molecule has 94 valence electrons. The van der Waals surface area contributed by atoms with E-state index in [1.54, 1.807) is 18.2 Å². The fourth-order valence-electron chi connectivity index (χ4n) is 1.51. The highest BCUT2D eigenvalue weighted by atomic mass is 19.1. The van der Waals surface area contributed by atoms with Gasteiger partial charge in [-0.3, -0.25) is 4.79 Å². The Morgan fingerprint density at radius 2 is 2.00 bits per heavy atom. The lowest BCUT2D eigenvalue weighted by molar-refractivity contribution is 0.0924. The molecule has 0 unspecified atom stereocenters. The molecule has 0 aliphatic rings. The number of alkyl halides is 1. The molecule has 1 heterocycles. The van der Waals surface area contributed by atoms with Gasteiger partial charge >= 0.3 is 0 Å². The van der Waals surface area contributed by atoms with Gasteiger partial charge in [0.2, 0.25) is 0 Å². The fraction of sp³-hybridized carbons (Fsp3) is 0.154. The van der Waals surface area contributed by atoms with Gasteiger partial charge in [0, 0.05) is 6.54 Å². The third-order valence-electron chi connectivity index (χ3n) is 2.35. The fourth-order valence-corrected chi connectivity index (χ4v) is 1.51. The van der Waals surface area contributed by atoms with Gasteiger partial charge in [0.1, 0.15) is 18.3 Å². The van der Waals surface area contributed by atoms with Crippen LogP contribution < -0.4 is 5.32 Å². The SMILES string of the molecule is O=C(NCCF)c1ccc(-c2ccccc2F)o1. The van der Waals surface area contributed by atoms with E-state index in [0.29, 0.717) is 0 Å². The second-order valence-electron chi connectivity index (χ2n) is 3.59. The zero-order valence-electron chi connectivity index (χ0n) is 9.45. The van der Waals surface area contributed by atoms with Gasteiger partial charge in [0.05, 0.1) is 5.56 Å². The Labute approximate surface area is 102 Å². The summed E-state index contributed by atoms with van der Waals surface area (Å²) in [6.07, 6.45) is 0. The first-order chi connectivity index (χ1) is 8.72. The van der Waals surface area contributed by atoms with Gasteiger partial charge in [-0.25, -0.2) is 8.78 Å². The van der Waals surface area contributed by atoms with Crippen molar-refractivity contribution in [3.63, 3.8) is 0 Å². The van der Waals surface area contributed by atoms with Gasteiger partial charge in [0.25, 0.3) is 5.91 Å². The smallest absolute Gasteiger partial charge is 0.287 e. The summed E-state index contributed by atoms with van der Waals surface area (Å²) < 4.78 is 30.6. The van der Waals surface area contributed by atoms with Crippen LogP contribution in [-0.4, -0.2) is 19.1 Å². The summed E-state index contributed by atoms with van der Waals surface area (Å²) in [5.41, 5.74) is 0.280. The molecule has 0 bridgehead atoms. The first-order valence-corrected chi connectivity index (χ1v) is 5.41. The van der Waals surface area contributed by atoms with E-state index in [4.69, 9.17) is 4.42 Å². The second kappa shape index (κ2) is 5.44. The number of rotatable bonds is 4. The number of hydrogen-bond donors (Lipinski definition) is 1. The number of benzene rings is 1. The van der Waals surface area contributed by atoms with Crippen LogP contribution in [0.3, 0.4) is 0 Å². The molecule has 3 nitrogen and oxygen atoms in total. The quantitative estimate of drug-likeness (QED) is 0.907. The molecule has 2 rings (SSSR count). The van der Waals surface area contributed by atoms with Crippen LogP contribution in [0.25, 0.3) is 11.3 Å². The van der Waals surface area contributed by atoms with E-state index in [1.807, 2.05) is 0 Å². The minimum absolute atomic E-state index is 0.0294. The molecule has 0 radical (unpaired) electrons. The van der Waals surface area contributed by atoms with Crippen molar-refractivity contribution in [2.45, 2.75) is 0 Å². The molecule has 5 heteroatoms. The van der Waals surface area contributed by atoms with E-state index in [0.717, 1.165) is 0 Å². The summed E-state index contributed by atoms with van der Waals surface area (Å²) >= 11 is 0. The molecule has 2 aromatic rings. The molecule has 1 aromatic heterocycles. The van der Waals surface area contributed by atoms with Crippen molar-refractivity contribution in [2.75, 3.05) is 13.2 Å². The molecule has 18 heavy (non-hydrogen) atoms. The molecule has 0 spiro atoms. The van der Waals surface area contributed by atoms with Gasteiger partial charge in [0.15, 0.2) is 5.76 Å². The monoisotopic (exact) mass is 251 g/mol. The molecule has 0 saturated carbocycles. The largest absolute Gasteiger partial charge is 0.451 e. The van der Waals surface area contributed by atoms with Crippen LogP contribution in [0, 0.1) is 5.82 Å². The molecule has 0 aliphatic heterocycles. The van der Waals surface area contributed by atoms with E-state index in [9.17, 15) is 13.6 Å². The van der Waals surface area contributed by atoms with Gasteiger partial charge in [-0.1, -0.05) is 12.1 Å². The van der Waals surface area contributed by atoms with Crippen molar-refractivity contribution in [1.29, 1.82) is 0 Å². The molecular formula is C13H11F2NO2. The minimum Gasteiger partial charge on any atom is -0.451 e. The van der Waals surface area contributed by atoms with E-state index in [2.05, 4.69) is 5.32 Å². The molecular weight excluding hydrogens is 240 g/mol. The lowest BCUT2D eigenvalue weighted by Gasteiger charge is -2.00. The Balaban J connectivity index is 2.21. The van der Waals surface area contributed by atoms with Crippen LogP contribution in [-0.2, 0) is 0 Å². The van der Waals surface area contributed by atoms with E-state index >= 15 is 0 Å². The summed E-state index contributed by atoms with van der Waals surface area (Å²) in [6.45, 7) is -0.721. The molecule has 1 N–H and O–H groups in total. The average Bonchev–Trinajstić information content (AvgIpc) is 2.86. The lowest BCUT2D eigenvalue weighted by atomic mass is 10.1. The molecule has 1 amide bonds. The molecule has 0 saturated heterocycles. The van der Waals surface area contributed by atoms with Gasteiger partial charge in [-0.2, -0.15) is 0 Å². The van der Waals surface area contributed by atoms with Gasteiger partial charge < -0.3 is 9.73 Å². The number of furan rings is 1. The van der Waals surface area contributed by atoms with Crippen LogP contribution in [0.4, 0.5) is 8.78 Å². The summed E-state index contributed by atoms with van der Waals surface area (Å²) in [4.78, 5) is 11.5. The first-order valence-electron chi connectivity index (χ1n) is 5.41. The topological polar surface area (TPSA) is 42.2 Å². The van der Waals surface area contributed by atoms with Crippen molar-refractivity contribution in [2.24, 2.45) is 0 Å².